The molecule has 1 heterocycles. The lowest BCUT2D eigenvalue weighted by molar-refractivity contribution is 0.0606. The number of hydrogen-bond donors (Lipinski definition) is 0. The SMILES string of the molecule is COC(=O)c1cc(-c2ccc(C)cc2)cs1. The monoisotopic (exact) mass is 232 g/mol. The van der Waals surface area contributed by atoms with Gasteiger partial charge < -0.3 is 4.74 Å². The largest absolute Gasteiger partial charge is 0.465 e. The van der Waals surface area contributed by atoms with E-state index in [1.807, 2.05) is 11.4 Å². The second-order valence-corrected chi connectivity index (χ2v) is 4.47. The van der Waals surface area contributed by atoms with E-state index in [0.29, 0.717) is 4.88 Å². The van der Waals surface area contributed by atoms with Crippen molar-refractivity contribution < 1.29 is 9.53 Å². The summed E-state index contributed by atoms with van der Waals surface area (Å²) in [5, 5.41) is 1.97. The first-order valence-electron chi connectivity index (χ1n) is 4.94. The van der Waals surface area contributed by atoms with Gasteiger partial charge in [0.15, 0.2) is 0 Å². The van der Waals surface area contributed by atoms with Crippen LogP contribution in [0.5, 0.6) is 0 Å². The minimum absolute atomic E-state index is 0.275. The van der Waals surface area contributed by atoms with E-state index in [2.05, 4.69) is 35.9 Å². The van der Waals surface area contributed by atoms with Gasteiger partial charge in [0.05, 0.1) is 7.11 Å². The third-order valence-corrected chi connectivity index (χ3v) is 3.28. The lowest BCUT2D eigenvalue weighted by Gasteiger charge is -1.97. The average Bonchev–Trinajstić information content (AvgIpc) is 2.78. The Kier molecular flexibility index (Phi) is 3.06. The number of ether oxygens (including phenoxy) is 1. The molecule has 0 unspecified atom stereocenters. The van der Waals surface area contributed by atoms with Crippen molar-refractivity contribution in [3.05, 3.63) is 46.2 Å². The third-order valence-electron chi connectivity index (χ3n) is 2.37. The van der Waals surface area contributed by atoms with E-state index in [0.717, 1.165) is 11.1 Å². The zero-order chi connectivity index (χ0) is 11.5. The lowest BCUT2D eigenvalue weighted by Crippen LogP contribution is -1.96. The third kappa shape index (κ3) is 2.14. The van der Waals surface area contributed by atoms with Crippen LogP contribution in [0, 0.1) is 6.92 Å². The van der Waals surface area contributed by atoms with E-state index in [1.54, 1.807) is 0 Å². The van der Waals surface area contributed by atoms with Crippen LogP contribution in [0.4, 0.5) is 0 Å². The lowest BCUT2D eigenvalue weighted by atomic mass is 10.1. The van der Waals surface area contributed by atoms with Crippen molar-refractivity contribution in [3.63, 3.8) is 0 Å². The van der Waals surface area contributed by atoms with Crippen LogP contribution < -0.4 is 0 Å². The fraction of sp³-hybridized carbons (Fsp3) is 0.154. The number of methoxy groups -OCH3 is 1. The molecule has 2 nitrogen and oxygen atoms in total. The first-order valence-corrected chi connectivity index (χ1v) is 5.82. The van der Waals surface area contributed by atoms with Gasteiger partial charge in [0.25, 0.3) is 0 Å². The highest BCUT2D eigenvalue weighted by Crippen LogP contribution is 2.26. The van der Waals surface area contributed by atoms with Gasteiger partial charge in [0, 0.05) is 0 Å². The fourth-order valence-corrected chi connectivity index (χ4v) is 2.27. The van der Waals surface area contributed by atoms with Gasteiger partial charge in [-0.3, -0.25) is 0 Å². The Balaban J connectivity index is 2.31. The van der Waals surface area contributed by atoms with Gasteiger partial charge in [-0.1, -0.05) is 29.8 Å². The number of aryl methyl sites for hydroxylation is 1. The summed E-state index contributed by atoms with van der Waals surface area (Å²) in [5.74, 6) is -0.275. The van der Waals surface area contributed by atoms with Gasteiger partial charge in [0.1, 0.15) is 4.88 Å². The quantitative estimate of drug-likeness (QED) is 0.741. The summed E-state index contributed by atoms with van der Waals surface area (Å²) in [6.45, 7) is 2.05. The molecule has 0 aliphatic rings. The van der Waals surface area contributed by atoms with Crippen molar-refractivity contribution in [2.45, 2.75) is 6.92 Å². The van der Waals surface area contributed by atoms with Gasteiger partial charge in [-0.05, 0) is 29.5 Å². The number of benzene rings is 1. The second-order valence-electron chi connectivity index (χ2n) is 3.56. The summed E-state index contributed by atoms with van der Waals surface area (Å²) < 4.78 is 4.68. The van der Waals surface area contributed by atoms with Crippen molar-refractivity contribution in [2.75, 3.05) is 7.11 Å². The van der Waals surface area contributed by atoms with E-state index < -0.39 is 0 Å². The summed E-state index contributed by atoms with van der Waals surface area (Å²) in [4.78, 5) is 11.9. The van der Waals surface area contributed by atoms with Crippen LogP contribution in [0.3, 0.4) is 0 Å². The Morgan fingerprint density at radius 2 is 1.88 bits per heavy atom. The van der Waals surface area contributed by atoms with E-state index in [9.17, 15) is 4.79 Å². The Hall–Kier alpha value is -1.61. The van der Waals surface area contributed by atoms with Crippen LogP contribution in [-0.2, 0) is 4.74 Å². The van der Waals surface area contributed by atoms with E-state index in [1.165, 1.54) is 24.0 Å². The Bertz CT molecular complexity index is 497. The molecule has 0 aliphatic heterocycles. The molecule has 0 saturated heterocycles. The predicted molar refractivity (Wildman–Crippen MR) is 65.8 cm³/mol. The summed E-state index contributed by atoms with van der Waals surface area (Å²) in [5.41, 5.74) is 3.41. The van der Waals surface area contributed by atoms with Crippen molar-refractivity contribution >= 4 is 17.3 Å². The van der Waals surface area contributed by atoms with Crippen LogP contribution in [0.25, 0.3) is 11.1 Å². The van der Waals surface area contributed by atoms with E-state index in [-0.39, 0.29) is 5.97 Å². The summed E-state index contributed by atoms with van der Waals surface area (Å²) in [6.07, 6.45) is 0. The smallest absolute Gasteiger partial charge is 0.348 e. The fourth-order valence-electron chi connectivity index (χ4n) is 1.44. The zero-order valence-corrected chi connectivity index (χ0v) is 10.0. The van der Waals surface area contributed by atoms with Gasteiger partial charge in [-0.15, -0.1) is 11.3 Å². The first kappa shape index (κ1) is 10.9. The van der Waals surface area contributed by atoms with Crippen molar-refractivity contribution in [1.29, 1.82) is 0 Å². The number of hydrogen-bond acceptors (Lipinski definition) is 3. The summed E-state index contributed by atoms with van der Waals surface area (Å²) >= 11 is 1.41. The molecule has 0 aliphatic carbocycles. The van der Waals surface area contributed by atoms with Crippen LogP contribution in [0.15, 0.2) is 35.7 Å². The van der Waals surface area contributed by atoms with Gasteiger partial charge in [-0.25, -0.2) is 4.79 Å². The van der Waals surface area contributed by atoms with E-state index >= 15 is 0 Å². The molecule has 2 rings (SSSR count). The normalized spacial score (nSPS) is 10.1. The molecule has 0 radical (unpaired) electrons. The molecule has 16 heavy (non-hydrogen) atoms. The van der Waals surface area contributed by atoms with Crippen LogP contribution >= 0.6 is 11.3 Å². The maximum atomic E-state index is 11.3. The maximum absolute atomic E-state index is 11.3. The molecule has 0 saturated carbocycles. The molecule has 0 bridgehead atoms. The molecule has 82 valence electrons. The highest BCUT2D eigenvalue weighted by molar-refractivity contribution is 7.12. The first-order chi connectivity index (χ1) is 7.70. The summed E-state index contributed by atoms with van der Waals surface area (Å²) in [6, 6.07) is 10.1. The number of carbonyl (C=O) groups is 1. The number of thiophene rings is 1. The molecule has 0 atom stereocenters. The molecule has 0 fully saturated rings. The zero-order valence-electron chi connectivity index (χ0n) is 9.19. The molecule has 1 aromatic carbocycles. The van der Waals surface area contributed by atoms with E-state index in [4.69, 9.17) is 0 Å². The maximum Gasteiger partial charge on any atom is 0.348 e. The summed E-state index contributed by atoms with van der Waals surface area (Å²) in [7, 11) is 1.40. The molecule has 0 N–H and O–H groups in total. The molecule has 0 spiro atoms. The van der Waals surface area contributed by atoms with Crippen molar-refractivity contribution in [2.24, 2.45) is 0 Å². The average molecular weight is 232 g/mol. The highest BCUT2D eigenvalue weighted by atomic mass is 32.1. The highest BCUT2D eigenvalue weighted by Gasteiger charge is 2.09. The Morgan fingerprint density at radius 1 is 1.19 bits per heavy atom. The van der Waals surface area contributed by atoms with Crippen molar-refractivity contribution in [1.82, 2.24) is 0 Å². The Labute approximate surface area is 98.5 Å². The predicted octanol–water partition coefficient (Wildman–Crippen LogP) is 3.51. The van der Waals surface area contributed by atoms with Crippen molar-refractivity contribution in [3.8, 4) is 11.1 Å². The van der Waals surface area contributed by atoms with Gasteiger partial charge in [0.2, 0.25) is 0 Å². The molecule has 3 heteroatoms. The minimum Gasteiger partial charge on any atom is -0.465 e. The topological polar surface area (TPSA) is 26.3 Å². The second kappa shape index (κ2) is 4.49. The molecular weight excluding hydrogens is 220 g/mol. The van der Waals surface area contributed by atoms with Crippen LogP contribution in [0.1, 0.15) is 15.2 Å². The molecule has 2 aromatic rings. The Morgan fingerprint density at radius 3 is 2.50 bits per heavy atom. The molecule has 0 amide bonds. The number of carbonyl (C=O) groups excluding carboxylic acids is 1. The molecule has 1 aromatic heterocycles. The standard InChI is InChI=1S/C13H12O2S/c1-9-3-5-10(6-4-9)11-7-12(16-8-11)13(14)15-2/h3-8H,1-2H3. The number of esters is 1. The van der Waals surface area contributed by atoms with Gasteiger partial charge >= 0.3 is 5.97 Å². The van der Waals surface area contributed by atoms with Crippen LogP contribution in [0.2, 0.25) is 0 Å². The number of rotatable bonds is 2. The van der Waals surface area contributed by atoms with Crippen LogP contribution in [-0.4, -0.2) is 13.1 Å². The van der Waals surface area contributed by atoms with Gasteiger partial charge in [-0.2, -0.15) is 0 Å². The minimum atomic E-state index is -0.275. The molecular formula is C13H12O2S.